The maximum atomic E-state index is 12.1. The van der Waals surface area contributed by atoms with E-state index < -0.39 is 18.3 Å². The number of nitrogens with one attached hydrogen (secondary N) is 2. The quantitative estimate of drug-likeness (QED) is 0.566. The molecule has 0 spiro atoms. The van der Waals surface area contributed by atoms with Crippen molar-refractivity contribution in [3.05, 3.63) is 0 Å². The van der Waals surface area contributed by atoms with E-state index in [-0.39, 0.29) is 37.1 Å². The highest BCUT2D eigenvalue weighted by molar-refractivity contribution is 5.76. The number of hydrogen-bond donors (Lipinski definition) is 3. The van der Waals surface area contributed by atoms with Crippen LogP contribution in [0.15, 0.2) is 0 Å². The summed E-state index contributed by atoms with van der Waals surface area (Å²) in [4.78, 5) is 25.6. The van der Waals surface area contributed by atoms with Crippen molar-refractivity contribution >= 4 is 11.9 Å². The van der Waals surface area contributed by atoms with Crippen LogP contribution in [0.25, 0.3) is 0 Å². The van der Waals surface area contributed by atoms with Crippen molar-refractivity contribution in [1.82, 2.24) is 15.5 Å². The molecule has 3 aliphatic rings. The smallest absolute Gasteiger partial charge is 0.317 e. The van der Waals surface area contributed by atoms with Crippen LogP contribution < -0.4 is 10.6 Å². The van der Waals surface area contributed by atoms with Crippen LogP contribution in [0.3, 0.4) is 0 Å². The summed E-state index contributed by atoms with van der Waals surface area (Å²) in [6.45, 7) is 5.10. The number of aliphatic hydroxyl groups excluding tert-OH is 1. The summed E-state index contributed by atoms with van der Waals surface area (Å²) in [7, 11) is 0. The standard InChI is InChI=1S/C17H29N3O6/c1-2-3-18-14(21)9-11-8-12-16(25-11)15(22)13(26-12)10-19-17(23)20-4-6-24-7-5-20/h11-13,15-16,22H,2-10H2,1H3,(H,18,21)(H,19,23)/t11-,12-,13-,15-,16+/m1/s1. The van der Waals surface area contributed by atoms with Gasteiger partial charge in [0.15, 0.2) is 0 Å². The van der Waals surface area contributed by atoms with Crippen molar-refractivity contribution in [2.45, 2.75) is 56.7 Å². The van der Waals surface area contributed by atoms with Gasteiger partial charge in [-0.2, -0.15) is 0 Å². The van der Waals surface area contributed by atoms with Gasteiger partial charge < -0.3 is 34.9 Å². The van der Waals surface area contributed by atoms with Crippen molar-refractivity contribution in [2.75, 3.05) is 39.4 Å². The zero-order valence-electron chi connectivity index (χ0n) is 15.2. The number of ether oxygens (including phenoxy) is 3. The molecule has 0 aromatic carbocycles. The molecule has 0 aliphatic carbocycles. The number of rotatable bonds is 6. The van der Waals surface area contributed by atoms with Gasteiger partial charge in [0.25, 0.3) is 0 Å². The van der Waals surface area contributed by atoms with Gasteiger partial charge in [0, 0.05) is 32.6 Å². The van der Waals surface area contributed by atoms with Crippen LogP contribution in [0, 0.1) is 0 Å². The molecular weight excluding hydrogens is 342 g/mol. The second-order valence-corrected chi connectivity index (χ2v) is 7.00. The molecule has 0 unspecified atom stereocenters. The second-order valence-electron chi connectivity index (χ2n) is 7.00. The molecular formula is C17H29N3O6. The first-order valence-corrected chi connectivity index (χ1v) is 9.44. The van der Waals surface area contributed by atoms with Crippen molar-refractivity contribution < 1.29 is 28.9 Å². The molecule has 9 heteroatoms. The van der Waals surface area contributed by atoms with Crippen molar-refractivity contribution in [2.24, 2.45) is 0 Å². The molecule has 3 N–H and O–H groups in total. The minimum atomic E-state index is -0.811. The predicted octanol–water partition coefficient (Wildman–Crippen LogP) is -0.770. The SMILES string of the molecule is CCCNC(=O)C[C@H]1C[C@H]2O[C@H](CNC(=O)N3CCOCC3)[C@@H](O)[C@H]2O1. The molecule has 3 saturated heterocycles. The second kappa shape index (κ2) is 8.98. The van der Waals surface area contributed by atoms with E-state index in [0.29, 0.717) is 39.3 Å². The van der Waals surface area contributed by atoms with Gasteiger partial charge in [-0.05, 0) is 6.42 Å². The Balaban J connectivity index is 1.40. The molecule has 3 fully saturated rings. The van der Waals surface area contributed by atoms with Crippen LogP contribution in [0.4, 0.5) is 4.79 Å². The lowest BCUT2D eigenvalue weighted by Crippen LogP contribution is -2.49. The Morgan fingerprint density at radius 3 is 2.65 bits per heavy atom. The molecule has 0 bridgehead atoms. The van der Waals surface area contributed by atoms with Crippen LogP contribution in [0.5, 0.6) is 0 Å². The Labute approximate surface area is 153 Å². The highest BCUT2D eigenvalue weighted by Gasteiger charge is 2.50. The highest BCUT2D eigenvalue weighted by atomic mass is 16.6. The molecule has 0 radical (unpaired) electrons. The van der Waals surface area contributed by atoms with E-state index in [2.05, 4.69) is 10.6 Å². The summed E-state index contributed by atoms with van der Waals surface area (Å²) in [5.74, 6) is -0.0411. The number of nitrogens with zero attached hydrogens (tertiary/aromatic N) is 1. The fourth-order valence-electron chi connectivity index (χ4n) is 3.62. The van der Waals surface area contributed by atoms with Gasteiger partial charge in [-0.3, -0.25) is 4.79 Å². The molecule has 0 saturated carbocycles. The van der Waals surface area contributed by atoms with Gasteiger partial charge in [-0.1, -0.05) is 6.92 Å². The largest absolute Gasteiger partial charge is 0.388 e. The van der Waals surface area contributed by atoms with Crippen molar-refractivity contribution in [1.29, 1.82) is 0 Å². The van der Waals surface area contributed by atoms with E-state index >= 15 is 0 Å². The molecule has 26 heavy (non-hydrogen) atoms. The number of carbonyl (C=O) groups is 2. The van der Waals surface area contributed by atoms with E-state index in [9.17, 15) is 14.7 Å². The van der Waals surface area contributed by atoms with Gasteiger partial charge in [0.2, 0.25) is 5.91 Å². The van der Waals surface area contributed by atoms with Gasteiger partial charge in [-0.15, -0.1) is 0 Å². The Morgan fingerprint density at radius 2 is 1.96 bits per heavy atom. The fourth-order valence-corrected chi connectivity index (χ4v) is 3.62. The minimum absolute atomic E-state index is 0.0411. The summed E-state index contributed by atoms with van der Waals surface area (Å²) < 4.78 is 16.9. The van der Waals surface area contributed by atoms with Crippen LogP contribution in [-0.2, 0) is 19.0 Å². The van der Waals surface area contributed by atoms with Crippen LogP contribution >= 0.6 is 0 Å². The number of carbonyl (C=O) groups excluding carboxylic acids is 2. The van der Waals surface area contributed by atoms with E-state index in [4.69, 9.17) is 14.2 Å². The van der Waals surface area contributed by atoms with E-state index in [1.807, 2.05) is 6.92 Å². The normalized spacial score (nSPS) is 33.8. The third kappa shape index (κ3) is 4.64. The number of amides is 3. The zero-order chi connectivity index (χ0) is 18.5. The monoisotopic (exact) mass is 371 g/mol. The Morgan fingerprint density at radius 1 is 1.19 bits per heavy atom. The number of morpholine rings is 1. The van der Waals surface area contributed by atoms with E-state index in [1.165, 1.54) is 0 Å². The Bertz CT molecular complexity index is 499. The van der Waals surface area contributed by atoms with Crippen LogP contribution in [0.2, 0.25) is 0 Å². The summed E-state index contributed by atoms with van der Waals surface area (Å²) in [6, 6.07) is -0.174. The number of urea groups is 1. The van der Waals surface area contributed by atoms with E-state index in [1.54, 1.807) is 4.90 Å². The number of fused-ring (bicyclic) bond motifs is 1. The van der Waals surface area contributed by atoms with Crippen molar-refractivity contribution in [3.8, 4) is 0 Å². The summed E-state index contributed by atoms with van der Waals surface area (Å²) >= 11 is 0. The number of aliphatic hydroxyl groups is 1. The third-order valence-electron chi connectivity index (χ3n) is 5.02. The molecule has 5 atom stereocenters. The first-order valence-electron chi connectivity index (χ1n) is 9.44. The molecule has 0 aromatic rings. The maximum Gasteiger partial charge on any atom is 0.317 e. The zero-order valence-corrected chi connectivity index (χ0v) is 15.2. The lowest BCUT2D eigenvalue weighted by Gasteiger charge is -2.28. The van der Waals surface area contributed by atoms with Gasteiger partial charge in [0.05, 0.1) is 31.8 Å². The van der Waals surface area contributed by atoms with Gasteiger partial charge in [-0.25, -0.2) is 4.79 Å². The third-order valence-corrected chi connectivity index (χ3v) is 5.02. The van der Waals surface area contributed by atoms with Crippen LogP contribution in [-0.4, -0.2) is 91.9 Å². The van der Waals surface area contributed by atoms with Gasteiger partial charge >= 0.3 is 6.03 Å². The summed E-state index contributed by atoms with van der Waals surface area (Å²) in [5, 5.41) is 16.1. The molecule has 3 amide bonds. The van der Waals surface area contributed by atoms with Crippen molar-refractivity contribution in [3.63, 3.8) is 0 Å². The Hall–Kier alpha value is -1.42. The molecule has 3 aliphatic heterocycles. The predicted molar refractivity (Wildman–Crippen MR) is 91.7 cm³/mol. The number of hydrogen-bond acceptors (Lipinski definition) is 6. The molecule has 9 nitrogen and oxygen atoms in total. The molecule has 148 valence electrons. The minimum Gasteiger partial charge on any atom is -0.388 e. The average molecular weight is 371 g/mol. The summed E-state index contributed by atoms with van der Waals surface area (Å²) in [6.07, 6.45) is -0.471. The molecule has 3 heterocycles. The van der Waals surface area contributed by atoms with Gasteiger partial charge in [0.1, 0.15) is 18.3 Å². The molecule has 0 aromatic heterocycles. The fraction of sp³-hybridized carbons (Fsp3) is 0.882. The molecule has 3 rings (SSSR count). The topological polar surface area (TPSA) is 109 Å². The van der Waals surface area contributed by atoms with E-state index in [0.717, 1.165) is 6.42 Å². The lowest BCUT2D eigenvalue weighted by molar-refractivity contribution is -0.124. The first-order chi connectivity index (χ1) is 12.6. The first kappa shape index (κ1) is 19.3. The Kier molecular flexibility index (Phi) is 6.68. The lowest BCUT2D eigenvalue weighted by atomic mass is 10.1. The maximum absolute atomic E-state index is 12.1. The summed E-state index contributed by atoms with van der Waals surface area (Å²) in [5.41, 5.74) is 0. The highest BCUT2D eigenvalue weighted by Crippen LogP contribution is 2.35. The average Bonchev–Trinajstić information content (AvgIpc) is 3.17. The van der Waals surface area contributed by atoms with Crippen LogP contribution in [0.1, 0.15) is 26.2 Å².